The SMILES string of the molecule is CCNCCCSc1ncc(C(F)(F)F)cc1Cl. The molecule has 0 saturated carbocycles. The first-order valence-electron chi connectivity index (χ1n) is 5.51. The molecule has 0 aliphatic rings. The van der Waals surface area contributed by atoms with Gasteiger partial charge in [0, 0.05) is 11.9 Å². The van der Waals surface area contributed by atoms with Crippen molar-refractivity contribution in [1.29, 1.82) is 0 Å². The molecular formula is C11H14ClF3N2S. The fourth-order valence-corrected chi connectivity index (χ4v) is 2.37. The first-order chi connectivity index (χ1) is 8.45. The summed E-state index contributed by atoms with van der Waals surface area (Å²) in [6.07, 6.45) is -2.67. The quantitative estimate of drug-likeness (QED) is 0.638. The Morgan fingerprint density at radius 3 is 2.72 bits per heavy atom. The molecule has 0 unspecified atom stereocenters. The van der Waals surface area contributed by atoms with Gasteiger partial charge >= 0.3 is 6.18 Å². The van der Waals surface area contributed by atoms with Gasteiger partial charge < -0.3 is 5.32 Å². The monoisotopic (exact) mass is 298 g/mol. The van der Waals surface area contributed by atoms with Crippen LogP contribution >= 0.6 is 23.4 Å². The molecule has 0 fully saturated rings. The second-order valence-corrected chi connectivity index (χ2v) is 5.06. The molecule has 1 rings (SSSR count). The lowest BCUT2D eigenvalue weighted by molar-refractivity contribution is -0.137. The van der Waals surface area contributed by atoms with Gasteiger partial charge in [-0.3, -0.25) is 0 Å². The Bertz CT molecular complexity index is 385. The maximum atomic E-state index is 12.4. The number of nitrogens with one attached hydrogen (secondary N) is 1. The lowest BCUT2D eigenvalue weighted by Gasteiger charge is -2.08. The summed E-state index contributed by atoms with van der Waals surface area (Å²) in [4.78, 5) is 3.75. The van der Waals surface area contributed by atoms with Crippen LogP contribution in [0.25, 0.3) is 0 Å². The van der Waals surface area contributed by atoms with Crippen LogP contribution in [0, 0.1) is 0 Å². The highest BCUT2D eigenvalue weighted by molar-refractivity contribution is 7.99. The van der Waals surface area contributed by atoms with Crippen LogP contribution in [0.2, 0.25) is 5.02 Å². The van der Waals surface area contributed by atoms with Gasteiger partial charge in [0.05, 0.1) is 10.6 Å². The van der Waals surface area contributed by atoms with Crippen LogP contribution in [0.1, 0.15) is 18.9 Å². The minimum absolute atomic E-state index is 0.0540. The van der Waals surface area contributed by atoms with Crippen molar-refractivity contribution in [2.24, 2.45) is 0 Å². The molecular weight excluding hydrogens is 285 g/mol. The summed E-state index contributed by atoms with van der Waals surface area (Å²) in [5, 5.41) is 3.66. The molecule has 18 heavy (non-hydrogen) atoms. The predicted molar refractivity (Wildman–Crippen MR) is 68.1 cm³/mol. The van der Waals surface area contributed by atoms with Crippen molar-refractivity contribution >= 4 is 23.4 Å². The third-order valence-electron chi connectivity index (χ3n) is 2.12. The third-order valence-corrected chi connectivity index (χ3v) is 3.61. The molecule has 1 aromatic rings. The number of rotatable bonds is 6. The number of aromatic nitrogens is 1. The molecule has 0 amide bonds. The Balaban J connectivity index is 2.53. The number of nitrogens with zero attached hydrogens (tertiary/aromatic N) is 1. The number of hydrogen-bond acceptors (Lipinski definition) is 3. The Morgan fingerprint density at radius 1 is 1.44 bits per heavy atom. The van der Waals surface area contributed by atoms with E-state index in [0.717, 1.165) is 37.5 Å². The Morgan fingerprint density at radius 2 is 2.17 bits per heavy atom. The Labute approximate surface area is 113 Å². The fourth-order valence-electron chi connectivity index (χ4n) is 1.23. The first kappa shape index (κ1) is 15.6. The Kier molecular flexibility index (Phi) is 6.25. The van der Waals surface area contributed by atoms with Crippen LogP contribution in [0.15, 0.2) is 17.3 Å². The molecule has 1 heterocycles. The summed E-state index contributed by atoms with van der Waals surface area (Å²) in [6.45, 7) is 3.80. The van der Waals surface area contributed by atoms with Gasteiger partial charge in [0.2, 0.25) is 0 Å². The van der Waals surface area contributed by atoms with Crippen molar-refractivity contribution in [3.63, 3.8) is 0 Å². The van der Waals surface area contributed by atoms with Crippen molar-refractivity contribution < 1.29 is 13.2 Å². The minimum atomic E-state index is -4.40. The van der Waals surface area contributed by atoms with Gasteiger partial charge in [-0.05, 0) is 25.6 Å². The molecule has 0 spiro atoms. The molecule has 1 N–H and O–H groups in total. The molecule has 0 atom stereocenters. The van der Waals surface area contributed by atoms with Crippen LogP contribution < -0.4 is 5.32 Å². The highest BCUT2D eigenvalue weighted by Crippen LogP contribution is 2.33. The van der Waals surface area contributed by atoms with Crippen LogP contribution in [0.5, 0.6) is 0 Å². The van der Waals surface area contributed by atoms with Gasteiger partial charge in [0.1, 0.15) is 5.03 Å². The van der Waals surface area contributed by atoms with Crippen molar-refractivity contribution in [2.45, 2.75) is 24.5 Å². The van der Waals surface area contributed by atoms with Gasteiger partial charge in [0.25, 0.3) is 0 Å². The molecule has 0 aliphatic heterocycles. The second-order valence-electron chi connectivity index (χ2n) is 3.56. The lowest BCUT2D eigenvalue weighted by atomic mass is 10.3. The fraction of sp³-hybridized carbons (Fsp3) is 0.545. The zero-order chi connectivity index (χ0) is 13.6. The van der Waals surface area contributed by atoms with Crippen molar-refractivity contribution in [3.8, 4) is 0 Å². The number of halogens is 4. The zero-order valence-electron chi connectivity index (χ0n) is 9.85. The van der Waals surface area contributed by atoms with Crippen LogP contribution in [0.3, 0.4) is 0 Å². The number of pyridine rings is 1. The molecule has 0 saturated heterocycles. The van der Waals surface area contributed by atoms with Gasteiger partial charge in [0.15, 0.2) is 0 Å². The van der Waals surface area contributed by atoms with E-state index in [1.54, 1.807) is 0 Å². The zero-order valence-corrected chi connectivity index (χ0v) is 11.4. The number of alkyl halides is 3. The third kappa shape index (κ3) is 5.04. The van der Waals surface area contributed by atoms with Gasteiger partial charge in [-0.2, -0.15) is 13.2 Å². The first-order valence-corrected chi connectivity index (χ1v) is 6.87. The Hall–Kier alpha value is -0.460. The topological polar surface area (TPSA) is 24.9 Å². The number of hydrogen-bond donors (Lipinski definition) is 1. The average molecular weight is 299 g/mol. The van der Waals surface area contributed by atoms with E-state index in [9.17, 15) is 13.2 Å². The summed E-state index contributed by atoms with van der Waals surface area (Å²) in [5.74, 6) is 0.769. The highest BCUT2D eigenvalue weighted by Gasteiger charge is 2.31. The molecule has 7 heteroatoms. The molecule has 2 nitrogen and oxygen atoms in total. The summed E-state index contributed by atoms with van der Waals surface area (Å²) >= 11 is 7.14. The standard InChI is InChI=1S/C11H14ClF3N2S/c1-2-16-4-3-5-18-10-9(12)6-8(7-17-10)11(13,14)15/h6-7,16H,2-5H2,1H3. The maximum Gasteiger partial charge on any atom is 0.417 e. The molecule has 1 aromatic heterocycles. The highest BCUT2D eigenvalue weighted by atomic mass is 35.5. The van der Waals surface area contributed by atoms with E-state index < -0.39 is 11.7 Å². The number of thioether (sulfide) groups is 1. The van der Waals surface area contributed by atoms with Gasteiger partial charge in [-0.25, -0.2) is 4.98 Å². The van der Waals surface area contributed by atoms with E-state index in [4.69, 9.17) is 11.6 Å². The molecule has 0 aromatic carbocycles. The van der Waals surface area contributed by atoms with E-state index >= 15 is 0 Å². The summed E-state index contributed by atoms with van der Waals surface area (Å²) < 4.78 is 37.1. The van der Waals surface area contributed by atoms with Crippen LogP contribution in [0.4, 0.5) is 13.2 Å². The molecule has 0 bridgehead atoms. The van der Waals surface area contributed by atoms with E-state index in [1.807, 2.05) is 6.92 Å². The van der Waals surface area contributed by atoms with E-state index in [2.05, 4.69) is 10.3 Å². The smallest absolute Gasteiger partial charge is 0.317 e. The minimum Gasteiger partial charge on any atom is -0.317 e. The van der Waals surface area contributed by atoms with Crippen LogP contribution in [-0.2, 0) is 6.18 Å². The summed E-state index contributed by atoms with van der Waals surface area (Å²) in [7, 11) is 0. The van der Waals surface area contributed by atoms with E-state index in [1.165, 1.54) is 11.8 Å². The van der Waals surface area contributed by atoms with Crippen LogP contribution in [-0.4, -0.2) is 23.8 Å². The van der Waals surface area contributed by atoms with Crippen molar-refractivity contribution in [2.75, 3.05) is 18.8 Å². The van der Waals surface area contributed by atoms with E-state index in [0.29, 0.717) is 5.03 Å². The molecule has 0 aliphatic carbocycles. The predicted octanol–water partition coefficient (Wildman–Crippen LogP) is 3.85. The van der Waals surface area contributed by atoms with Gasteiger partial charge in [-0.15, -0.1) is 11.8 Å². The molecule has 0 radical (unpaired) electrons. The maximum absolute atomic E-state index is 12.4. The van der Waals surface area contributed by atoms with Crippen molar-refractivity contribution in [1.82, 2.24) is 10.3 Å². The molecule has 102 valence electrons. The largest absolute Gasteiger partial charge is 0.417 e. The van der Waals surface area contributed by atoms with Gasteiger partial charge in [-0.1, -0.05) is 18.5 Å². The van der Waals surface area contributed by atoms with E-state index in [-0.39, 0.29) is 5.02 Å². The summed E-state index contributed by atoms with van der Waals surface area (Å²) in [5.41, 5.74) is -0.815. The normalized spacial score (nSPS) is 11.8. The lowest BCUT2D eigenvalue weighted by Crippen LogP contribution is -2.14. The second kappa shape index (κ2) is 7.21. The average Bonchev–Trinajstić information content (AvgIpc) is 2.29. The van der Waals surface area contributed by atoms with Crippen molar-refractivity contribution in [3.05, 3.63) is 22.8 Å². The summed E-state index contributed by atoms with van der Waals surface area (Å²) in [6, 6.07) is 0.918.